The highest BCUT2D eigenvalue weighted by Crippen LogP contribution is 2.19. The predicted molar refractivity (Wildman–Crippen MR) is 110 cm³/mol. The number of hydrazone groups is 1. The first-order chi connectivity index (χ1) is 14.3. The minimum Gasteiger partial charge on any atom is -0.496 e. The van der Waals surface area contributed by atoms with Gasteiger partial charge in [-0.3, -0.25) is 0 Å². The topological polar surface area (TPSA) is 97.2 Å². The van der Waals surface area contributed by atoms with Crippen LogP contribution in [0.1, 0.15) is 5.56 Å². The first-order valence-electron chi connectivity index (χ1n) is 9.67. The molecule has 29 heavy (non-hydrogen) atoms. The molecule has 2 fully saturated rings. The molecule has 2 aromatic rings. The fraction of sp³-hybridized carbons (Fsp3) is 0.474. The maximum Gasteiger partial charge on any atom is 0.250 e. The van der Waals surface area contributed by atoms with E-state index in [4.69, 9.17) is 14.2 Å². The number of benzene rings is 1. The van der Waals surface area contributed by atoms with Crippen LogP contribution in [0.4, 0.5) is 17.8 Å². The Bertz CT molecular complexity index is 800. The number of morpholine rings is 2. The Balaban J connectivity index is 1.56. The Morgan fingerprint density at radius 3 is 2.10 bits per heavy atom. The van der Waals surface area contributed by atoms with Gasteiger partial charge >= 0.3 is 0 Å². The summed E-state index contributed by atoms with van der Waals surface area (Å²) in [5.41, 5.74) is 3.80. The molecule has 0 spiro atoms. The van der Waals surface area contributed by atoms with Crippen molar-refractivity contribution in [2.75, 3.05) is 74.9 Å². The molecule has 0 radical (unpaired) electrons. The molecule has 0 atom stereocenters. The summed E-state index contributed by atoms with van der Waals surface area (Å²) in [6.45, 7) is 5.63. The van der Waals surface area contributed by atoms with E-state index in [2.05, 4.69) is 35.3 Å². The van der Waals surface area contributed by atoms with Gasteiger partial charge in [0.2, 0.25) is 17.8 Å². The van der Waals surface area contributed by atoms with Crippen molar-refractivity contribution in [3.05, 3.63) is 29.8 Å². The number of aromatic nitrogens is 3. The zero-order chi connectivity index (χ0) is 19.9. The summed E-state index contributed by atoms with van der Waals surface area (Å²) in [6, 6.07) is 7.66. The van der Waals surface area contributed by atoms with Gasteiger partial charge in [-0.1, -0.05) is 12.1 Å². The van der Waals surface area contributed by atoms with Crippen LogP contribution in [0.5, 0.6) is 5.75 Å². The molecule has 10 nitrogen and oxygen atoms in total. The summed E-state index contributed by atoms with van der Waals surface area (Å²) in [7, 11) is 1.63. The predicted octanol–water partition coefficient (Wildman–Crippen LogP) is 0.999. The summed E-state index contributed by atoms with van der Waals surface area (Å²) in [5, 5.41) is 4.30. The van der Waals surface area contributed by atoms with E-state index in [1.807, 2.05) is 24.3 Å². The summed E-state index contributed by atoms with van der Waals surface area (Å²) in [6.07, 6.45) is 1.69. The number of hydrogen-bond acceptors (Lipinski definition) is 10. The van der Waals surface area contributed by atoms with Crippen molar-refractivity contribution in [1.82, 2.24) is 15.0 Å². The Morgan fingerprint density at radius 2 is 1.52 bits per heavy atom. The SMILES string of the molecule is COc1ccccc1/C=N\Nc1nc(N2CCOCC2)nc(N2CCOCC2)n1. The number of methoxy groups -OCH3 is 1. The lowest BCUT2D eigenvalue weighted by Crippen LogP contribution is -2.40. The zero-order valence-electron chi connectivity index (χ0n) is 16.5. The van der Waals surface area contributed by atoms with Crippen LogP contribution in [0.15, 0.2) is 29.4 Å². The van der Waals surface area contributed by atoms with E-state index in [0.717, 1.165) is 37.5 Å². The van der Waals surface area contributed by atoms with Crippen LogP contribution in [0, 0.1) is 0 Å². The van der Waals surface area contributed by atoms with Crippen molar-refractivity contribution in [2.45, 2.75) is 0 Å². The monoisotopic (exact) mass is 399 g/mol. The number of hydrogen-bond donors (Lipinski definition) is 1. The van der Waals surface area contributed by atoms with Crippen LogP contribution in [-0.4, -0.2) is 80.9 Å². The third-order valence-electron chi connectivity index (χ3n) is 4.71. The van der Waals surface area contributed by atoms with Crippen LogP contribution in [0.2, 0.25) is 0 Å². The van der Waals surface area contributed by atoms with E-state index < -0.39 is 0 Å². The zero-order valence-corrected chi connectivity index (χ0v) is 16.5. The number of nitrogens with zero attached hydrogens (tertiary/aromatic N) is 6. The van der Waals surface area contributed by atoms with Gasteiger partial charge in [0.05, 0.1) is 39.8 Å². The average molecular weight is 399 g/mol. The molecule has 0 amide bonds. The Hall–Kier alpha value is -2.98. The number of rotatable bonds is 6. The lowest BCUT2D eigenvalue weighted by molar-refractivity contribution is 0.121. The molecule has 4 rings (SSSR count). The van der Waals surface area contributed by atoms with E-state index >= 15 is 0 Å². The molecule has 1 aromatic heterocycles. The smallest absolute Gasteiger partial charge is 0.250 e. The molecule has 2 saturated heterocycles. The molecule has 3 heterocycles. The second kappa shape index (κ2) is 9.48. The number of anilines is 3. The third kappa shape index (κ3) is 4.90. The maximum atomic E-state index is 5.44. The lowest BCUT2D eigenvalue weighted by Gasteiger charge is -2.30. The normalized spacial score (nSPS) is 17.6. The van der Waals surface area contributed by atoms with Crippen molar-refractivity contribution in [1.29, 1.82) is 0 Å². The van der Waals surface area contributed by atoms with Crippen molar-refractivity contribution in [3.8, 4) is 5.75 Å². The Labute approximate surface area is 169 Å². The van der Waals surface area contributed by atoms with Gasteiger partial charge < -0.3 is 24.0 Å². The lowest BCUT2D eigenvalue weighted by atomic mass is 10.2. The molecule has 154 valence electrons. The largest absolute Gasteiger partial charge is 0.496 e. The van der Waals surface area contributed by atoms with E-state index in [1.165, 1.54) is 0 Å². The number of para-hydroxylation sites is 1. The van der Waals surface area contributed by atoms with Crippen LogP contribution in [0.25, 0.3) is 0 Å². The first kappa shape index (κ1) is 19.3. The molecular formula is C19H25N7O3. The molecule has 1 aromatic carbocycles. The van der Waals surface area contributed by atoms with Crippen LogP contribution < -0.4 is 20.0 Å². The van der Waals surface area contributed by atoms with Crippen LogP contribution in [0.3, 0.4) is 0 Å². The third-order valence-corrected chi connectivity index (χ3v) is 4.71. The molecule has 0 unspecified atom stereocenters. The van der Waals surface area contributed by atoms with E-state index in [-0.39, 0.29) is 0 Å². The standard InChI is InChI=1S/C19H25N7O3/c1-27-16-5-3-2-4-15(16)14-20-24-17-21-18(25-6-10-28-11-7-25)23-19(22-17)26-8-12-29-13-9-26/h2-5,14H,6-13H2,1H3,(H,21,22,23,24)/b20-14-. The molecule has 0 aliphatic carbocycles. The Morgan fingerprint density at radius 1 is 0.931 bits per heavy atom. The molecular weight excluding hydrogens is 374 g/mol. The van der Waals surface area contributed by atoms with Crippen molar-refractivity contribution in [3.63, 3.8) is 0 Å². The van der Waals surface area contributed by atoms with Gasteiger partial charge in [0, 0.05) is 31.7 Å². The van der Waals surface area contributed by atoms with Crippen LogP contribution in [-0.2, 0) is 9.47 Å². The summed E-state index contributed by atoms with van der Waals surface area (Å²) >= 11 is 0. The minimum absolute atomic E-state index is 0.397. The molecule has 1 N–H and O–H groups in total. The van der Waals surface area contributed by atoms with Gasteiger partial charge in [0.15, 0.2) is 0 Å². The maximum absolute atomic E-state index is 5.44. The fourth-order valence-corrected chi connectivity index (χ4v) is 3.15. The van der Waals surface area contributed by atoms with Gasteiger partial charge in [-0.2, -0.15) is 20.1 Å². The molecule has 10 heteroatoms. The Kier molecular flexibility index (Phi) is 6.32. The minimum atomic E-state index is 0.397. The van der Waals surface area contributed by atoms with Crippen molar-refractivity contribution < 1.29 is 14.2 Å². The van der Waals surface area contributed by atoms with Gasteiger partial charge in [-0.15, -0.1) is 0 Å². The van der Waals surface area contributed by atoms with E-state index in [9.17, 15) is 0 Å². The van der Waals surface area contributed by atoms with Crippen LogP contribution >= 0.6 is 0 Å². The van der Waals surface area contributed by atoms with Crippen molar-refractivity contribution >= 4 is 24.1 Å². The number of nitrogens with one attached hydrogen (secondary N) is 1. The average Bonchev–Trinajstić information content (AvgIpc) is 2.80. The van der Waals surface area contributed by atoms with Gasteiger partial charge in [0.25, 0.3) is 0 Å². The molecule has 0 saturated carbocycles. The summed E-state index contributed by atoms with van der Waals surface area (Å²) < 4.78 is 16.2. The van der Waals surface area contributed by atoms with E-state index in [1.54, 1.807) is 13.3 Å². The second-order valence-electron chi connectivity index (χ2n) is 6.57. The molecule has 0 bridgehead atoms. The quantitative estimate of drug-likeness (QED) is 0.563. The molecule has 2 aliphatic rings. The van der Waals surface area contributed by atoms with E-state index in [0.29, 0.717) is 44.3 Å². The highest BCUT2D eigenvalue weighted by atomic mass is 16.5. The fourth-order valence-electron chi connectivity index (χ4n) is 3.15. The first-order valence-corrected chi connectivity index (χ1v) is 9.67. The highest BCUT2D eigenvalue weighted by molar-refractivity contribution is 5.83. The number of ether oxygens (including phenoxy) is 3. The second-order valence-corrected chi connectivity index (χ2v) is 6.57. The van der Waals surface area contributed by atoms with Crippen molar-refractivity contribution in [2.24, 2.45) is 5.10 Å². The van der Waals surface area contributed by atoms with Gasteiger partial charge in [-0.05, 0) is 12.1 Å². The highest BCUT2D eigenvalue weighted by Gasteiger charge is 2.20. The summed E-state index contributed by atoms with van der Waals surface area (Å²) in [5.74, 6) is 2.39. The molecule has 2 aliphatic heterocycles. The summed E-state index contributed by atoms with van der Waals surface area (Å²) in [4.78, 5) is 18.0. The van der Waals surface area contributed by atoms with Gasteiger partial charge in [-0.25, -0.2) is 5.43 Å². The van der Waals surface area contributed by atoms with Gasteiger partial charge in [0.1, 0.15) is 5.75 Å².